The minimum Gasteiger partial charge on any atom is -0.480 e. The minimum absolute atomic E-state index is 0.244. The summed E-state index contributed by atoms with van der Waals surface area (Å²) in [6.45, 7) is 0.244. The summed E-state index contributed by atoms with van der Waals surface area (Å²) >= 11 is 3.35. The van der Waals surface area contributed by atoms with Crippen LogP contribution in [0, 0.1) is 0 Å². The third kappa shape index (κ3) is 3.01. The van der Waals surface area contributed by atoms with Crippen molar-refractivity contribution in [3.05, 3.63) is 52.8 Å². The fourth-order valence-corrected chi connectivity index (χ4v) is 2.77. The van der Waals surface area contributed by atoms with Gasteiger partial charge in [0.25, 0.3) is 0 Å². The summed E-state index contributed by atoms with van der Waals surface area (Å²) in [5, 5.41) is 17.4. The number of nitrogens with one attached hydrogen (secondary N) is 1. The molecule has 0 aliphatic heterocycles. The maximum atomic E-state index is 12.1. The summed E-state index contributed by atoms with van der Waals surface area (Å²) in [6.07, 6.45) is 5.49. The number of aliphatic carboxylic acids is 1. The van der Waals surface area contributed by atoms with Crippen molar-refractivity contribution in [2.24, 2.45) is 0 Å². The molecule has 1 aromatic heterocycles. The van der Waals surface area contributed by atoms with Crippen LogP contribution in [0.3, 0.4) is 0 Å². The van der Waals surface area contributed by atoms with E-state index in [9.17, 15) is 9.90 Å². The number of carboxylic acids is 1. The van der Waals surface area contributed by atoms with E-state index in [1.165, 1.54) is 0 Å². The van der Waals surface area contributed by atoms with E-state index in [1.807, 2.05) is 30.3 Å². The van der Waals surface area contributed by atoms with Gasteiger partial charge >= 0.3 is 5.97 Å². The fraction of sp³-hybridized carbons (Fsp3) is 0.333. The summed E-state index contributed by atoms with van der Waals surface area (Å²) in [6, 6.07) is 9.57. The van der Waals surface area contributed by atoms with Crippen molar-refractivity contribution in [1.82, 2.24) is 15.1 Å². The Morgan fingerprint density at radius 1 is 1.43 bits per heavy atom. The Hall–Kier alpha value is -1.66. The quantitative estimate of drug-likeness (QED) is 0.840. The second-order valence-corrected chi connectivity index (χ2v) is 6.27. The largest absolute Gasteiger partial charge is 0.480 e. The molecule has 0 amide bonds. The SMILES string of the molecule is O=C(O)C(Cn1cc(Br)cn1)(NC1CC1)c1ccccc1. The standard InChI is InChI=1S/C15H16BrN3O2/c16-12-8-17-19(9-12)10-15(14(20)21,18-13-6-7-13)11-4-2-1-3-5-11/h1-5,8-9,13,18H,6-7,10H2,(H,20,21). The fourth-order valence-electron chi connectivity index (χ4n) is 2.44. The van der Waals surface area contributed by atoms with E-state index < -0.39 is 11.5 Å². The summed E-state index contributed by atoms with van der Waals surface area (Å²) < 4.78 is 2.49. The maximum Gasteiger partial charge on any atom is 0.330 e. The Kier molecular flexibility index (Phi) is 3.82. The molecule has 1 aromatic carbocycles. The molecule has 1 unspecified atom stereocenters. The first kappa shape index (κ1) is 14.3. The van der Waals surface area contributed by atoms with Crippen LogP contribution in [-0.4, -0.2) is 26.9 Å². The number of hydrogen-bond acceptors (Lipinski definition) is 3. The number of carboxylic acid groups (broad SMARTS) is 1. The first-order valence-electron chi connectivity index (χ1n) is 6.85. The van der Waals surface area contributed by atoms with Gasteiger partial charge in [-0.1, -0.05) is 30.3 Å². The maximum absolute atomic E-state index is 12.1. The van der Waals surface area contributed by atoms with Crippen LogP contribution in [0.25, 0.3) is 0 Å². The van der Waals surface area contributed by atoms with Crippen LogP contribution in [0.5, 0.6) is 0 Å². The lowest BCUT2D eigenvalue weighted by atomic mass is 9.89. The monoisotopic (exact) mass is 349 g/mol. The van der Waals surface area contributed by atoms with Crippen molar-refractivity contribution in [3.8, 4) is 0 Å². The van der Waals surface area contributed by atoms with Gasteiger partial charge in [0.15, 0.2) is 5.54 Å². The van der Waals surface area contributed by atoms with Gasteiger partial charge in [0.05, 0.1) is 17.2 Å². The van der Waals surface area contributed by atoms with E-state index in [2.05, 4.69) is 26.3 Å². The molecule has 0 bridgehead atoms. The Balaban J connectivity index is 2.00. The molecule has 1 fully saturated rings. The van der Waals surface area contributed by atoms with Gasteiger partial charge in [-0.3, -0.25) is 10.00 Å². The molecule has 6 heteroatoms. The molecule has 1 heterocycles. The normalized spacial score (nSPS) is 17.4. The highest BCUT2D eigenvalue weighted by Gasteiger charge is 2.44. The van der Waals surface area contributed by atoms with Gasteiger partial charge in [-0.25, -0.2) is 4.79 Å². The Morgan fingerprint density at radius 2 is 2.14 bits per heavy atom. The van der Waals surface area contributed by atoms with Gasteiger partial charge in [0, 0.05) is 12.2 Å². The molecule has 3 rings (SSSR count). The number of nitrogens with zero attached hydrogens (tertiary/aromatic N) is 2. The Morgan fingerprint density at radius 3 is 2.67 bits per heavy atom. The molecule has 5 nitrogen and oxygen atoms in total. The van der Waals surface area contributed by atoms with Crippen molar-refractivity contribution < 1.29 is 9.90 Å². The summed E-state index contributed by atoms with van der Waals surface area (Å²) in [4.78, 5) is 12.1. The highest BCUT2D eigenvalue weighted by molar-refractivity contribution is 9.10. The summed E-state index contributed by atoms with van der Waals surface area (Å²) in [7, 11) is 0. The van der Waals surface area contributed by atoms with E-state index in [-0.39, 0.29) is 12.6 Å². The predicted molar refractivity (Wildman–Crippen MR) is 81.8 cm³/mol. The molecule has 21 heavy (non-hydrogen) atoms. The summed E-state index contributed by atoms with van der Waals surface area (Å²) in [5.41, 5.74) is -0.413. The number of rotatable bonds is 6. The van der Waals surface area contributed by atoms with Crippen LogP contribution in [0.15, 0.2) is 47.2 Å². The van der Waals surface area contributed by atoms with Gasteiger partial charge in [-0.2, -0.15) is 5.10 Å². The first-order valence-corrected chi connectivity index (χ1v) is 7.64. The molecule has 0 saturated heterocycles. The Bertz CT molecular complexity index is 639. The van der Waals surface area contributed by atoms with E-state index in [4.69, 9.17) is 0 Å². The van der Waals surface area contributed by atoms with Crippen LogP contribution in [0.4, 0.5) is 0 Å². The van der Waals surface area contributed by atoms with E-state index in [0.29, 0.717) is 0 Å². The lowest BCUT2D eigenvalue weighted by molar-refractivity contribution is -0.146. The molecule has 0 radical (unpaired) electrons. The third-order valence-electron chi connectivity index (χ3n) is 3.66. The molecule has 110 valence electrons. The molecular weight excluding hydrogens is 334 g/mol. The zero-order valence-electron chi connectivity index (χ0n) is 11.4. The van der Waals surface area contributed by atoms with Crippen LogP contribution in [0.1, 0.15) is 18.4 Å². The van der Waals surface area contributed by atoms with E-state index >= 15 is 0 Å². The number of hydrogen-bond donors (Lipinski definition) is 2. The lowest BCUT2D eigenvalue weighted by Crippen LogP contribution is -2.53. The lowest BCUT2D eigenvalue weighted by Gasteiger charge is -2.31. The van der Waals surface area contributed by atoms with E-state index in [0.717, 1.165) is 22.9 Å². The first-order chi connectivity index (χ1) is 10.1. The van der Waals surface area contributed by atoms with Crippen LogP contribution >= 0.6 is 15.9 Å². The molecular formula is C15H16BrN3O2. The van der Waals surface area contributed by atoms with Crippen molar-refractivity contribution in [3.63, 3.8) is 0 Å². The van der Waals surface area contributed by atoms with E-state index in [1.54, 1.807) is 17.1 Å². The van der Waals surface area contributed by atoms with Crippen molar-refractivity contribution in [2.45, 2.75) is 31.0 Å². The summed E-state index contributed by atoms with van der Waals surface area (Å²) in [5.74, 6) is -0.882. The third-order valence-corrected chi connectivity index (χ3v) is 4.07. The highest BCUT2D eigenvalue weighted by atomic mass is 79.9. The molecule has 1 aliphatic carbocycles. The van der Waals surface area contributed by atoms with Gasteiger partial charge in [-0.15, -0.1) is 0 Å². The Labute approximate surface area is 131 Å². The van der Waals surface area contributed by atoms with Crippen molar-refractivity contribution in [1.29, 1.82) is 0 Å². The molecule has 2 aromatic rings. The van der Waals surface area contributed by atoms with Crippen LogP contribution in [-0.2, 0) is 16.9 Å². The molecule has 1 saturated carbocycles. The van der Waals surface area contributed by atoms with Gasteiger partial charge < -0.3 is 5.11 Å². The second kappa shape index (κ2) is 5.61. The van der Waals surface area contributed by atoms with Crippen LogP contribution in [0.2, 0.25) is 0 Å². The molecule has 2 N–H and O–H groups in total. The average molecular weight is 350 g/mol. The molecule has 1 aliphatic rings. The number of benzene rings is 1. The zero-order valence-corrected chi connectivity index (χ0v) is 13.0. The minimum atomic E-state index is -1.16. The smallest absolute Gasteiger partial charge is 0.330 e. The van der Waals surface area contributed by atoms with Crippen LogP contribution < -0.4 is 5.32 Å². The van der Waals surface area contributed by atoms with Gasteiger partial charge in [-0.05, 0) is 34.3 Å². The van der Waals surface area contributed by atoms with Crippen molar-refractivity contribution in [2.75, 3.05) is 0 Å². The topological polar surface area (TPSA) is 67.1 Å². The number of carbonyl (C=O) groups is 1. The molecule has 0 spiro atoms. The van der Waals surface area contributed by atoms with Crippen molar-refractivity contribution >= 4 is 21.9 Å². The second-order valence-electron chi connectivity index (χ2n) is 5.35. The highest BCUT2D eigenvalue weighted by Crippen LogP contribution is 2.30. The zero-order chi connectivity index (χ0) is 14.9. The number of halogens is 1. The predicted octanol–water partition coefficient (Wildman–Crippen LogP) is 2.38. The average Bonchev–Trinajstić information content (AvgIpc) is 3.20. The number of aromatic nitrogens is 2. The molecule has 1 atom stereocenters. The van der Waals surface area contributed by atoms with Gasteiger partial charge in [0.2, 0.25) is 0 Å². The van der Waals surface area contributed by atoms with Gasteiger partial charge in [0.1, 0.15) is 0 Å².